The highest BCUT2D eigenvalue weighted by Gasteiger charge is 2.22. The summed E-state index contributed by atoms with van der Waals surface area (Å²) in [6.45, 7) is 3.54. The molecule has 4 rings (SSSR count). The minimum atomic E-state index is -0.251. The van der Waals surface area contributed by atoms with Gasteiger partial charge in [-0.2, -0.15) is 5.10 Å². The second-order valence-electron chi connectivity index (χ2n) is 6.96. The molecule has 0 radical (unpaired) electrons. The van der Waals surface area contributed by atoms with Gasteiger partial charge in [-0.3, -0.25) is 14.4 Å². The maximum atomic E-state index is 13.1. The summed E-state index contributed by atoms with van der Waals surface area (Å²) >= 11 is 0. The number of para-hydroxylation sites is 1. The summed E-state index contributed by atoms with van der Waals surface area (Å²) in [5.74, 6) is 0.00875. The Bertz CT molecular complexity index is 1090. The zero-order chi connectivity index (χ0) is 19.0. The highest BCUT2D eigenvalue weighted by atomic mass is 16.2. The number of ketones is 1. The fraction of sp³-hybridized carbons (Fsp3) is 0.400. The molecule has 7 nitrogen and oxygen atoms in total. The highest BCUT2D eigenvalue weighted by Crippen LogP contribution is 2.26. The number of rotatable bonds is 4. The van der Waals surface area contributed by atoms with Gasteiger partial charge in [-0.1, -0.05) is 25.1 Å². The molecule has 0 unspecified atom stereocenters. The van der Waals surface area contributed by atoms with Crippen molar-refractivity contribution in [3.8, 4) is 0 Å². The van der Waals surface area contributed by atoms with E-state index in [9.17, 15) is 14.4 Å². The van der Waals surface area contributed by atoms with Crippen LogP contribution in [-0.4, -0.2) is 44.0 Å². The summed E-state index contributed by atoms with van der Waals surface area (Å²) in [6.07, 6.45) is 3.35. The largest absolute Gasteiger partial charge is 0.340 e. The third-order valence-corrected chi connectivity index (χ3v) is 5.18. The van der Waals surface area contributed by atoms with Crippen molar-refractivity contribution in [2.75, 3.05) is 13.1 Å². The smallest absolute Gasteiger partial charge is 0.291 e. The topological polar surface area (TPSA) is 77.2 Å². The van der Waals surface area contributed by atoms with E-state index in [0.29, 0.717) is 31.4 Å². The van der Waals surface area contributed by atoms with Gasteiger partial charge in [0, 0.05) is 48.8 Å². The molecule has 1 amide bonds. The van der Waals surface area contributed by atoms with E-state index in [-0.39, 0.29) is 23.8 Å². The lowest BCUT2D eigenvalue weighted by molar-refractivity contribution is -0.135. The molecule has 1 aliphatic heterocycles. The van der Waals surface area contributed by atoms with E-state index in [1.165, 1.54) is 4.68 Å². The number of likely N-dealkylation sites (tertiary alicyclic amines) is 1. The summed E-state index contributed by atoms with van der Waals surface area (Å²) in [4.78, 5) is 38.7. The van der Waals surface area contributed by atoms with Crippen LogP contribution in [0.4, 0.5) is 0 Å². The van der Waals surface area contributed by atoms with Gasteiger partial charge >= 0.3 is 0 Å². The summed E-state index contributed by atoms with van der Waals surface area (Å²) < 4.78 is 3.27. The fourth-order valence-corrected chi connectivity index (χ4v) is 3.80. The first-order valence-electron chi connectivity index (χ1n) is 9.36. The first kappa shape index (κ1) is 17.5. The molecule has 0 atom stereocenters. The molecule has 1 fully saturated rings. The molecule has 7 heteroatoms. The standard InChI is InChI=1S/C20H22N4O3/c1-2-9-23-17-6-4-3-5-15(17)16-12-21-24(20(27)19(16)23)13-18(26)22-10-7-14(25)8-11-22/h3-6,12H,2,7-11,13H2,1H3. The molecule has 0 aliphatic carbocycles. The Morgan fingerprint density at radius 3 is 2.59 bits per heavy atom. The number of carbonyl (C=O) groups is 2. The van der Waals surface area contributed by atoms with E-state index >= 15 is 0 Å². The Balaban J connectivity index is 1.74. The van der Waals surface area contributed by atoms with Gasteiger partial charge in [0.15, 0.2) is 0 Å². The first-order chi connectivity index (χ1) is 13.1. The molecule has 3 heterocycles. The molecular weight excluding hydrogens is 344 g/mol. The SMILES string of the molecule is CCCn1c2ccccc2c2cnn(CC(=O)N3CCC(=O)CC3)c(=O)c21. The summed E-state index contributed by atoms with van der Waals surface area (Å²) in [5.41, 5.74) is 1.35. The van der Waals surface area contributed by atoms with Crippen molar-refractivity contribution in [3.63, 3.8) is 0 Å². The van der Waals surface area contributed by atoms with E-state index in [4.69, 9.17) is 0 Å². The number of benzene rings is 1. The molecule has 0 saturated carbocycles. The maximum Gasteiger partial charge on any atom is 0.291 e. The third kappa shape index (κ3) is 3.03. The number of amides is 1. The van der Waals surface area contributed by atoms with Gasteiger partial charge in [-0.15, -0.1) is 0 Å². The van der Waals surface area contributed by atoms with Crippen molar-refractivity contribution in [2.24, 2.45) is 0 Å². The molecule has 27 heavy (non-hydrogen) atoms. The van der Waals surface area contributed by atoms with E-state index < -0.39 is 0 Å². The van der Waals surface area contributed by atoms with Crippen LogP contribution >= 0.6 is 0 Å². The Morgan fingerprint density at radius 2 is 1.85 bits per heavy atom. The quantitative estimate of drug-likeness (QED) is 0.707. The van der Waals surface area contributed by atoms with Crippen LogP contribution in [0.2, 0.25) is 0 Å². The van der Waals surface area contributed by atoms with Crippen LogP contribution in [0.15, 0.2) is 35.3 Å². The molecule has 0 bridgehead atoms. The van der Waals surface area contributed by atoms with E-state index in [1.54, 1.807) is 11.1 Å². The van der Waals surface area contributed by atoms with Gasteiger partial charge in [-0.25, -0.2) is 4.68 Å². The summed E-state index contributed by atoms with van der Waals surface area (Å²) in [6, 6.07) is 7.90. The number of fused-ring (bicyclic) bond motifs is 3. The number of hydrogen-bond donors (Lipinski definition) is 0. The van der Waals surface area contributed by atoms with Crippen molar-refractivity contribution < 1.29 is 9.59 Å². The van der Waals surface area contributed by atoms with Gasteiger partial charge in [-0.05, 0) is 12.5 Å². The average molecular weight is 366 g/mol. The summed E-state index contributed by atoms with van der Waals surface area (Å²) in [5, 5.41) is 6.07. The summed E-state index contributed by atoms with van der Waals surface area (Å²) in [7, 11) is 0. The number of hydrogen-bond acceptors (Lipinski definition) is 4. The van der Waals surface area contributed by atoms with Crippen LogP contribution in [-0.2, 0) is 22.7 Å². The number of aromatic nitrogens is 3. The van der Waals surface area contributed by atoms with Gasteiger partial charge in [0.25, 0.3) is 5.56 Å². The maximum absolute atomic E-state index is 13.1. The minimum absolute atomic E-state index is 0.101. The molecule has 1 saturated heterocycles. The normalized spacial score (nSPS) is 15.0. The lowest BCUT2D eigenvalue weighted by Crippen LogP contribution is -2.42. The second kappa shape index (κ2) is 6.98. The molecule has 0 spiro atoms. The molecule has 1 aromatic carbocycles. The van der Waals surface area contributed by atoms with Crippen molar-refractivity contribution >= 4 is 33.5 Å². The predicted octanol–water partition coefficient (Wildman–Crippen LogP) is 1.95. The van der Waals surface area contributed by atoms with E-state index in [0.717, 1.165) is 29.3 Å². The minimum Gasteiger partial charge on any atom is -0.340 e. The highest BCUT2D eigenvalue weighted by molar-refractivity contribution is 6.07. The Labute approximate surface area is 156 Å². The molecule has 140 valence electrons. The lowest BCUT2D eigenvalue weighted by atomic mass is 10.1. The number of aryl methyl sites for hydroxylation is 1. The number of piperidine rings is 1. The zero-order valence-corrected chi connectivity index (χ0v) is 15.4. The van der Waals surface area contributed by atoms with Gasteiger partial charge in [0.05, 0.1) is 6.20 Å². The molecule has 1 aliphatic rings. The van der Waals surface area contributed by atoms with Crippen LogP contribution in [0.5, 0.6) is 0 Å². The molecule has 2 aromatic heterocycles. The monoisotopic (exact) mass is 366 g/mol. The Kier molecular flexibility index (Phi) is 4.51. The van der Waals surface area contributed by atoms with E-state index in [2.05, 4.69) is 12.0 Å². The average Bonchev–Trinajstić information content (AvgIpc) is 2.99. The van der Waals surface area contributed by atoms with Crippen molar-refractivity contribution in [2.45, 2.75) is 39.3 Å². The van der Waals surface area contributed by atoms with Gasteiger partial charge in [0.2, 0.25) is 5.91 Å². The number of carbonyl (C=O) groups excluding carboxylic acids is 2. The lowest BCUT2D eigenvalue weighted by Gasteiger charge is -2.26. The Hall–Kier alpha value is -2.96. The van der Waals surface area contributed by atoms with Crippen molar-refractivity contribution in [1.29, 1.82) is 0 Å². The second-order valence-corrected chi connectivity index (χ2v) is 6.96. The number of nitrogens with zero attached hydrogens (tertiary/aromatic N) is 4. The van der Waals surface area contributed by atoms with Crippen LogP contribution in [0.25, 0.3) is 21.8 Å². The van der Waals surface area contributed by atoms with E-state index in [1.807, 2.05) is 28.8 Å². The first-order valence-corrected chi connectivity index (χ1v) is 9.36. The van der Waals surface area contributed by atoms with Gasteiger partial charge in [0.1, 0.15) is 17.8 Å². The zero-order valence-electron chi connectivity index (χ0n) is 15.4. The fourth-order valence-electron chi connectivity index (χ4n) is 3.80. The van der Waals surface area contributed by atoms with Crippen LogP contribution in [0.1, 0.15) is 26.2 Å². The predicted molar refractivity (Wildman–Crippen MR) is 103 cm³/mol. The molecule has 0 N–H and O–H groups in total. The molecular formula is C20H22N4O3. The third-order valence-electron chi connectivity index (χ3n) is 5.18. The Morgan fingerprint density at radius 1 is 1.11 bits per heavy atom. The van der Waals surface area contributed by atoms with Crippen molar-refractivity contribution in [3.05, 3.63) is 40.8 Å². The van der Waals surface area contributed by atoms with Gasteiger partial charge < -0.3 is 9.47 Å². The van der Waals surface area contributed by atoms with Crippen LogP contribution in [0.3, 0.4) is 0 Å². The van der Waals surface area contributed by atoms with Crippen LogP contribution in [0, 0.1) is 0 Å². The van der Waals surface area contributed by atoms with Crippen LogP contribution < -0.4 is 5.56 Å². The molecule has 3 aromatic rings. The van der Waals surface area contributed by atoms with Crippen molar-refractivity contribution in [1.82, 2.24) is 19.2 Å². The number of Topliss-reactive ketones (excluding diaryl/α,β-unsaturated/α-hetero) is 1.